The van der Waals surface area contributed by atoms with Crippen LogP contribution in [0.2, 0.25) is 0 Å². The highest BCUT2D eigenvalue weighted by Crippen LogP contribution is 2.29. The van der Waals surface area contributed by atoms with Crippen LogP contribution < -0.4 is 0 Å². The molecule has 2 aliphatic heterocycles. The van der Waals surface area contributed by atoms with Crippen LogP contribution in [0, 0.1) is 5.92 Å². The number of carbonyl (C=O) groups excluding carboxylic acids is 10. The number of esters is 7. The van der Waals surface area contributed by atoms with Crippen molar-refractivity contribution < 1.29 is 90.9 Å². The molecular formula is C39H58BrClO19. The van der Waals surface area contributed by atoms with Crippen molar-refractivity contribution in [1.29, 1.82) is 0 Å². The van der Waals surface area contributed by atoms with Crippen LogP contribution in [-0.2, 0) is 85.8 Å². The molecule has 0 bridgehead atoms. The Hall–Kier alpha value is -4.79. The number of aliphatic hydroxyl groups is 1. The van der Waals surface area contributed by atoms with Crippen LogP contribution in [-0.4, -0.2) is 134 Å². The topological polar surface area (TPSA) is 265 Å². The lowest BCUT2D eigenvalue weighted by Gasteiger charge is -2.24. The van der Waals surface area contributed by atoms with Crippen LogP contribution in [0.4, 0.5) is 0 Å². The molecular weight excluding hydrogens is 888 g/mol. The molecule has 2 rings (SSSR count). The fraction of sp³-hybridized carbons (Fsp3) is 0.590. The molecule has 1 N–H and O–H groups in total. The lowest BCUT2D eigenvalue weighted by Crippen LogP contribution is -2.39. The van der Waals surface area contributed by atoms with Crippen LogP contribution >= 0.6 is 27.5 Å². The molecule has 3 unspecified atom stereocenters. The van der Waals surface area contributed by atoms with E-state index in [4.69, 9.17) is 30.9 Å². The minimum absolute atomic E-state index is 0.00712. The number of halogens is 2. The molecule has 0 radical (unpaired) electrons. The van der Waals surface area contributed by atoms with Crippen molar-refractivity contribution in [2.45, 2.75) is 85.6 Å². The summed E-state index contributed by atoms with van der Waals surface area (Å²) in [6.45, 7) is 24.2. The van der Waals surface area contributed by atoms with Gasteiger partial charge in [-0.15, -0.1) is 0 Å². The molecule has 0 aromatic rings. The van der Waals surface area contributed by atoms with Gasteiger partial charge in [0.15, 0.2) is 37.0 Å². The Bertz CT molecular complexity index is 1480. The molecule has 2 aliphatic rings. The fourth-order valence-corrected chi connectivity index (χ4v) is 3.04. The first-order chi connectivity index (χ1) is 27.7. The van der Waals surface area contributed by atoms with Crippen molar-refractivity contribution in [3.05, 3.63) is 36.5 Å². The Labute approximate surface area is 363 Å². The molecule has 0 aliphatic carbocycles. The van der Waals surface area contributed by atoms with Gasteiger partial charge in [-0.25, -0.2) is 24.0 Å². The minimum atomic E-state index is -1.01. The van der Waals surface area contributed by atoms with Crippen LogP contribution in [0.15, 0.2) is 36.5 Å². The zero-order valence-electron chi connectivity index (χ0n) is 35.6. The third-order valence-electron chi connectivity index (χ3n) is 6.22. The molecule has 21 heteroatoms. The first-order valence-corrected chi connectivity index (χ1v) is 19.2. The van der Waals surface area contributed by atoms with Gasteiger partial charge in [0.1, 0.15) is 24.6 Å². The number of carbonyl (C=O) groups is 10. The van der Waals surface area contributed by atoms with Gasteiger partial charge in [-0.3, -0.25) is 24.0 Å². The van der Waals surface area contributed by atoms with Crippen LogP contribution in [0.1, 0.15) is 75.2 Å². The second-order valence-corrected chi connectivity index (χ2v) is 14.2. The lowest BCUT2D eigenvalue weighted by atomic mass is 9.94. The minimum Gasteiger partial charge on any atom is -0.465 e. The van der Waals surface area contributed by atoms with Crippen molar-refractivity contribution >= 4 is 86.1 Å². The van der Waals surface area contributed by atoms with E-state index in [0.717, 1.165) is 13.2 Å². The van der Waals surface area contributed by atoms with Gasteiger partial charge in [-0.2, -0.15) is 0 Å². The van der Waals surface area contributed by atoms with Crippen molar-refractivity contribution in [2.24, 2.45) is 5.92 Å². The predicted octanol–water partition coefficient (Wildman–Crippen LogP) is 3.41. The molecule has 0 amide bonds. The third kappa shape index (κ3) is 37.5. The molecule has 0 aromatic carbocycles. The molecule has 0 saturated carbocycles. The average molecular weight is 946 g/mol. The summed E-state index contributed by atoms with van der Waals surface area (Å²) in [6, 6.07) is 0. The third-order valence-corrected chi connectivity index (χ3v) is 6.70. The Balaban J connectivity index is -0.000000333. The predicted molar refractivity (Wildman–Crippen MR) is 217 cm³/mol. The molecule has 342 valence electrons. The summed E-state index contributed by atoms with van der Waals surface area (Å²) in [5.41, 5.74) is -0.367. The lowest BCUT2D eigenvalue weighted by molar-refractivity contribution is -0.170. The monoisotopic (exact) mass is 944 g/mol. The van der Waals surface area contributed by atoms with E-state index in [1.54, 1.807) is 27.7 Å². The zero-order valence-corrected chi connectivity index (χ0v) is 37.9. The van der Waals surface area contributed by atoms with Gasteiger partial charge in [-0.1, -0.05) is 35.7 Å². The number of hydrogen-bond donors (Lipinski definition) is 1. The number of hydrogen-bond acceptors (Lipinski definition) is 19. The van der Waals surface area contributed by atoms with E-state index in [9.17, 15) is 47.9 Å². The van der Waals surface area contributed by atoms with Gasteiger partial charge in [0.2, 0.25) is 0 Å². The largest absolute Gasteiger partial charge is 0.465 e. The van der Waals surface area contributed by atoms with E-state index < -0.39 is 72.4 Å². The Kier molecular flexibility index (Phi) is 37.2. The Morgan fingerprint density at radius 2 is 1.18 bits per heavy atom. The van der Waals surface area contributed by atoms with Crippen LogP contribution in [0.3, 0.4) is 0 Å². The van der Waals surface area contributed by atoms with Gasteiger partial charge in [0, 0.05) is 29.9 Å². The number of Topliss-reactive ketones (excluding diaryl/α,β-unsaturated/α-hetero) is 2. The summed E-state index contributed by atoms with van der Waals surface area (Å²) in [6.07, 6.45) is 2.56. The standard InChI is InChI=1S/C12H16O6.C9H12O5.C6H7ClO3.C5H9BrO2.C4H8O.C3H6O2/c1-7(2)10(14)16-5-9(13)18-12(4)6-17-11(15)8(12)3;1-6(2)9(12)14-5-8(11)13-4-7(3)10;1-4(2)6(9)10-3-5(7)8;1-3-8-5(7)4(2)6;1-2-4-5-3-1;1-3(5)2-4/h8H,1,5-6H2,2-4H3;1,4-5H2,2-3H3;1,3H2,2H3;4H,3H2,1-2H3;1-4H2;4H,2H2,1H3. The number of rotatable bonds is 15. The summed E-state index contributed by atoms with van der Waals surface area (Å²) in [7, 11) is 0. The normalized spacial score (nSPS) is 15.8. The number of alkyl halides is 1. The molecule has 2 heterocycles. The van der Waals surface area contributed by atoms with Crippen molar-refractivity contribution in [2.75, 3.05) is 59.5 Å². The van der Waals surface area contributed by atoms with Gasteiger partial charge in [-0.05, 0) is 86.8 Å². The van der Waals surface area contributed by atoms with Crippen molar-refractivity contribution in [3.8, 4) is 0 Å². The van der Waals surface area contributed by atoms with Crippen LogP contribution in [0.5, 0.6) is 0 Å². The highest BCUT2D eigenvalue weighted by atomic mass is 79.9. The van der Waals surface area contributed by atoms with E-state index in [1.165, 1.54) is 47.5 Å². The second kappa shape index (κ2) is 36.1. The number of cyclic esters (lactones) is 1. The van der Waals surface area contributed by atoms with E-state index >= 15 is 0 Å². The van der Waals surface area contributed by atoms with E-state index in [0.29, 0.717) is 6.61 Å². The number of ketones is 2. The average Bonchev–Trinajstić information content (AvgIpc) is 3.84. The van der Waals surface area contributed by atoms with Gasteiger partial charge >= 0.3 is 41.8 Å². The molecule has 0 spiro atoms. The van der Waals surface area contributed by atoms with Crippen LogP contribution in [0.25, 0.3) is 0 Å². The zero-order chi connectivity index (χ0) is 47.6. The van der Waals surface area contributed by atoms with E-state index in [-0.39, 0.29) is 58.9 Å². The summed E-state index contributed by atoms with van der Waals surface area (Å²) in [5, 5.41) is 7.09. The van der Waals surface area contributed by atoms with Gasteiger partial charge in [0.25, 0.3) is 5.24 Å². The Morgan fingerprint density at radius 1 is 0.767 bits per heavy atom. The molecule has 3 atom stereocenters. The first-order valence-electron chi connectivity index (χ1n) is 17.9. The van der Waals surface area contributed by atoms with Crippen molar-refractivity contribution in [3.63, 3.8) is 0 Å². The first kappa shape index (κ1) is 61.9. The number of ether oxygens (including phenoxy) is 8. The summed E-state index contributed by atoms with van der Waals surface area (Å²) < 4.78 is 37.4. The molecule has 2 fully saturated rings. The number of aliphatic hydroxyl groups excluding tert-OH is 1. The Morgan fingerprint density at radius 3 is 1.45 bits per heavy atom. The van der Waals surface area contributed by atoms with Gasteiger partial charge < -0.3 is 43.0 Å². The molecule has 2 saturated heterocycles. The maximum Gasteiger partial charge on any atom is 0.344 e. The second-order valence-electron chi connectivity index (χ2n) is 12.5. The maximum absolute atomic E-state index is 11.5. The summed E-state index contributed by atoms with van der Waals surface area (Å²) >= 11 is 7.95. The van der Waals surface area contributed by atoms with Gasteiger partial charge in [0.05, 0.1) is 12.5 Å². The molecule has 0 aromatic heterocycles. The van der Waals surface area contributed by atoms with Crippen molar-refractivity contribution in [1.82, 2.24) is 0 Å². The highest BCUT2D eigenvalue weighted by Gasteiger charge is 2.47. The maximum atomic E-state index is 11.5. The summed E-state index contributed by atoms with van der Waals surface area (Å²) in [5.74, 6) is -5.03. The molecule has 60 heavy (non-hydrogen) atoms. The smallest absolute Gasteiger partial charge is 0.344 e. The van der Waals surface area contributed by atoms with E-state index in [1.807, 2.05) is 0 Å². The molecule has 19 nitrogen and oxygen atoms in total. The fourth-order valence-electron chi connectivity index (χ4n) is 2.85. The SMILES string of the molecule is C1CCOC1.C=C(C)C(=O)OCC(=O)Cl.C=C(C)C(=O)OCC(=O)OC1(C)COC(=O)C1C.C=C(C)C(=O)OCC(=O)OCC(C)=O.CC(=O)CO.CCOC(=O)C(C)Br. The summed E-state index contributed by atoms with van der Waals surface area (Å²) in [4.78, 5) is 106. The van der Waals surface area contributed by atoms with E-state index in [2.05, 4.69) is 59.4 Å². The highest BCUT2D eigenvalue weighted by molar-refractivity contribution is 9.10. The quantitative estimate of drug-likeness (QED) is 0.0810.